The van der Waals surface area contributed by atoms with Crippen LogP contribution in [0.2, 0.25) is 0 Å². The Morgan fingerprint density at radius 1 is 1.44 bits per heavy atom. The molecule has 1 nitrogen and oxygen atoms in total. The second-order valence-electron chi connectivity index (χ2n) is 4.95. The molecule has 0 aromatic heterocycles. The van der Waals surface area contributed by atoms with E-state index in [1.165, 1.54) is 12.5 Å². The minimum atomic E-state index is -0.169. The molecular weight excluding hydrogens is 269 g/mol. The SMILES string of the molecule is CC1CC1CN(C)Cc1cc(F)cc(Br)c1. The van der Waals surface area contributed by atoms with Crippen molar-refractivity contribution >= 4 is 15.9 Å². The maximum Gasteiger partial charge on any atom is 0.124 e. The normalized spacial score (nSPS) is 23.8. The molecule has 1 fully saturated rings. The van der Waals surface area contributed by atoms with Gasteiger partial charge in [0.15, 0.2) is 0 Å². The van der Waals surface area contributed by atoms with Crippen molar-refractivity contribution in [1.82, 2.24) is 4.90 Å². The van der Waals surface area contributed by atoms with Crippen LogP contribution in [0.3, 0.4) is 0 Å². The highest BCUT2D eigenvalue weighted by Gasteiger charge is 2.32. The van der Waals surface area contributed by atoms with E-state index >= 15 is 0 Å². The highest BCUT2D eigenvalue weighted by Crippen LogP contribution is 2.38. The monoisotopic (exact) mass is 285 g/mol. The molecule has 0 N–H and O–H groups in total. The van der Waals surface area contributed by atoms with Crippen LogP contribution in [0.4, 0.5) is 4.39 Å². The quantitative estimate of drug-likeness (QED) is 0.816. The third kappa shape index (κ3) is 3.29. The number of hydrogen-bond donors (Lipinski definition) is 0. The minimum Gasteiger partial charge on any atom is -0.302 e. The Balaban J connectivity index is 1.92. The summed E-state index contributed by atoms with van der Waals surface area (Å²) in [5.74, 6) is 1.56. The lowest BCUT2D eigenvalue weighted by Gasteiger charge is -2.16. The summed E-state index contributed by atoms with van der Waals surface area (Å²) in [6.07, 6.45) is 1.34. The molecule has 88 valence electrons. The summed E-state index contributed by atoms with van der Waals surface area (Å²) >= 11 is 3.32. The Labute approximate surface area is 105 Å². The molecule has 2 unspecified atom stereocenters. The third-order valence-corrected chi connectivity index (χ3v) is 3.65. The van der Waals surface area contributed by atoms with E-state index in [1.54, 1.807) is 6.07 Å². The molecule has 0 aliphatic heterocycles. The number of nitrogens with zero attached hydrogens (tertiary/aromatic N) is 1. The lowest BCUT2D eigenvalue weighted by molar-refractivity contribution is 0.307. The van der Waals surface area contributed by atoms with Gasteiger partial charge in [0.25, 0.3) is 0 Å². The Hall–Kier alpha value is -0.410. The fourth-order valence-corrected chi connectivity index (χ4v) is 2.64. The first-order chi connectivity index (χ1) is 7.54. The van der Waals surface area contributed by atoms with Gasteiger partial charge in [0.1, 0.15) is 5.82 Å². The Kier molecular flexibility index (Phi) is 3.65. The van der Waals surface area contributed by atoms with E-state index in [0.717, 1.165) is 35.0 Å². The molecule has 0 heterocycles. The van der Waals surface area contributed by atoms with E-state index in [4.69, 9.17) is 0 Å². The molecule has 3 heteroatoms. The van der Waals surface area contributed by atoms with E-state index in [2.05, 4.69) is 34.8 Å². The molecule has 16 heavy (non-hydrogen) atoms. The zero-order valence-corrected chi connectivity index (χ0v) is 11.3. The maximum absolute atomic E-state index is 13.2. The Morgan fingerprint density at radius 3 is 2.69 bits per heavy atom. The van der Waals surface area contributed by atoms with E-state index < -0.39 is 0 Å². The van der Waals surface area contributed by atoms with Crippen molar-refractivity contribution in [2.45, 2.75) is 19.9 Å². The van der Waals surface area contributed by atoms with Crippen LogP contribution in [0.15, 0.2) is 22.7 Å². The zero-order chi connectivity index (χ0) is 11.7. The van der Waals surface area contributed by atoms with Crippen molar-refractivity contribution in [2.24, 2.45) is 11.8 Å². The summed E-state index contributed by atoms with van der Waals surface area (Å²) < 4.78 is 14.0. The first-order valence-electron chi connectivity index (χ1n) is 5.68. The maximum atomic E-state index is 13.2. The van der Waals surface area contributed by atoms with Crippen LogP contribution >= 0.6 is 15.9 Å². The van der Waals surface area contributed by atoms with Crippen molar-refractivity contribution in [3.8, 4) is 0 Å². The molecule has 1 aliphatic rings. The highest BCUT2D eigenvalue weighted by molar-refractivity contribution is 9.10. The summed E-state index contributed by atoms with van der Waals surface area (Å²) in [5.41, 5.74) is 1.03. The van der Waals surface area contributed by atoms with E-state index in [-0.39, 0.29) is 5.82 Å². The van der Waals surface area contributed by atoms with Crippen molar-refractivity contribution in [1.29, 1.82) is 0 Å². The van der Waals surface area contributed by atoms with Crippen LogP contribution in [0.5, 0.6) is 0 Å². The first kappa shape index (κ1) is 12.1. The van der Waals surface area contributed by atoms with Gasteiger partial charge in [-0.2, -0.15) is 0 Å². The van der Waals surface area contributed by atoms with Gasteiger partial charge in [0, 0.05) is 17.6 Å². The molecule has 1 saturated carbocycles. The van der Waals surface area contributed by atoms with Gasteiger partial charge >= 0.3 is 0 Å². The minimum absolute atomic E-state index is 0.169. The van der Waals surface area contributed by atoms with Crippen LogP contribution in [-0.4, -0.2) is 18.5 Å². The van der Waals surface area contributed by atoms with Gasteiger partial charge in [0.2, 0.25) is 0 Å². The topological polar surface area (TPSA) is 3.24 Å². The molecule has 1 aromatic rings. The summed E-state index contributed by atoms with van der Waals surface area (Å²) in [6, 6.07) is 5.08. The first-order valence-corrected chi connectivity index (χ1v) is 6.47. The molecule has 2 rings (SSSR count). The number of halogens is 2. The Morgan fingerprint density at radius 2 is 2.12 bits per heavy atom. The standard InChI is InChI=1S/C13H17BrFN/c1-9-3-11(9)8-16(2)7-10-4-12(14)6-13(15)5-10/h4-6,9,11H,3,7-8H2,1-2H3. The van der Waals surface area contributed by atoms with Gasteiger partial charge in [-0.3, -0.25) is 0 Å². The number of benzene rings is 1. The third-order valence-electron chi connectivity index (χ3n) is 3.20. The van der Waals surface area contributed by atoms with E-state index in [1.807, 2.05) is 6.07 Å². The van der Waals surface area contributed by atoms with Crippen molar-refractivity contribution < 1.29 is 4.39 Å². The number of rotatable bonds is 4. The second-order valence-corrected chi connectivity index (χ2v) is 5.86. The number of hydrogen-bond acceptors (Lipinski definition) is 1. The second kappa shape index (κ2) is 4.84. The average Bonchev–Trinajstić information content (AvgIpc) is 2.78. The van der Waals surface area contributed by atoms with Crippen LogP contribution in [0.1, 0.15) is 18.9 Å². The molecule has 0 saturated heterocycles. The lowest BCUT2D eigenvalue weighted by Crippen LogP contribution is -2.20. The highest BCUT2D eigenvalue weighted by atomic mass is 79.9. The van der Waals surface area contributed by atoms with E-state index in [9.17, 15) is 4.39 Å². The summed E-state index contributed by atoms with van der Waals surface area (Å²) in [5, 5.41) is 0. The fraction of sp³-hybridized carbons (Fsp3) is 0.538. The van der Waals surface area contributed by atoms with Crippen LogP contribution in [0.25, 0.3) is 0 Å². The molecule has 0 bridgehead atoms. The van der Waals surface area contributed by atoms with Crippen LogP contribution in [-0.2, 0) is 6.54 Å². The lowest BCUT2D eigenvalue weighted by atomic mass is 10.2. The van der Waals surface area contributed by atoms with E-state index in [0.29, 0.717) is 0 Å². The van der Waals surface area contributed by atoms with Crippen molar-refractivity contribution in [2.75, 3.05) is 13.6 Å². The molecule has 2 atom stereocenters. The fourth-order valence-electron chi connectivity index (χ4n) is 2.13. The zero-order valence-electron chi connectivity index (χ0n) is 9.71. The molecule has 0 amide bonds. The molecule has 1 aliphatic carbocycles. The largest absolute Gasteiger partial charge is 0.302 e. The molecule has 1 aromatic carbocycles. The van der Waals surface area contributed by atoms with Gasteiger partial charge in [0.05, 0.1) is 0 Å². The Bertz CT molecular complexity index is 360. The van der Waals surface area contributed by atoms with Gasteiger partial charge in [-0.25, -0.2) is 4.39 Å². The summed E-state index contributed by atoms with van der Waals surface area (Å²) in [6.45, 7) is 4.23. The predicted molar refractivity (Wildman–Crippen MR) is 67.7 cm³/mol. The van der Waals surface area contributed by atoms with Crippen molar-refractivity contribution in [3.05, 3.63) is 34.1 Å². The molecular formula is C13H17BrFN. The molecule has 0 spiro atoms. The van der Waals surface area contributed by atoms with Crippen LogP contribution in [0, 0.1) is 17.7 Å². The van der Waals surface area contributed by atoms with Gasteiger partial charge in [-0.15, -0.1) is 0 Å². The summed E-state index contributed by atoms with van der Waals surface area (Å²) in [4.78, 5) is 2.27. The molecule has 0 radical (unpaired) electrons. The van der Waals surface area contributed by atoms with Gasteiger partial charge in [-0.1, -0.05) is 22.9 Å². The van der Waals surface area contributed by atoms with Crippen molar-refractivity contribution in [3.63, 3.8) is 0 Å². The predicted octanol–water partition coefficient (Wildman–Crippen LogP) is 3.68. The average molecular weight is 286 g/mol. The summed E-state index contributed by atoms with van der Waals surface area (Å²) in [7, 11) is 2.10. The van der Waals surface area contributed by atoms with Gasteiger partial charge in [-0.05, 0) is 49.1 Å². The smallest absolute Gasteiger partial charge is 0.124 e. The van der Waals surface area contributed by atoms with Gasteiger partial charge < -0.3 is 4.90 Å². The van der Waals surface area contributed by atoms with Crippen LogP contribution < -0.4 is 0 Å².